The van der Waals surface area contributed by atoms with E-state index in [1.165, 1.54) is 25.9 Å². The Hall–Kier alpha value is -1.55. The summed E-state index contributed by atoms with van der Waals surface area (Å²) < 4.78 is 0. The number of carbonyl (C=O) groups is 1. The van der Waals surface area contributed by atoms with Crippen molar-refractivity contribution in [2.45, 2.75) is 32.2 Å². The Kier molecular flexibility index (Phi) is 3.66. The van der Waals surface area contributed by atoms with E-state index in [2.05, 4.69) is 9.80 Å². The van der Waals surface area contributed by atoms with Gasteiger partial charge in [0, 0.05) is 19.1 Å². The lowest BCUT2D eigenvalue weighted by molar-refractivity contribution is 0.0697. The maximum absolute atomic E-state index is 11.4. The van der Waals surface area contributed by atoms with Crippen molar-refractivity contribution >= 4 is 11.7 Å². The lowest BCUT2D eigenvalue weighted by Crippen LogP contribution is -2.35. The summed E-state index contributed by atoms with van der Waals surface area (Å²) in [5.74, 6) is -0.829. The molecule has 1 aromatic rings. The van der Waals surface area contributed by atoms with Crippen molar-refractivity contribution in [1.82, 2.24) is 4.90 Å². The molecule has 1 atom stereocenters. The molecule has 1 aromatic carbocycles. The van der Waals surface area contributed by atoms with Crippen molar-refractivity contribution < 1.29 is 9.90 Å². The van der Waals surface area contributed by atoms with Gasteiger partial charge in [-0.3, -0.25) is 4.90 Å². The van der Waals surface area contributed by atoms with Crippen LogP contribution in [-0.2, 0) is 0 Å². The molecule has 4 nitrogen and oxygen atoms in total. The normalized spacial score (nSPS) is 23.4. The SMILES string of the molecule is Cc1ccc(C(=O)O)c(N2CCC(N3CCCC3)C2)c1. The lowest BCUT2D eigenvalue weighted by atomic mass is 10.1. The first-order chi connectivity index (χ1) is 9.65. The number of hydrogen-bond donors (Lipinski definition) is 1. The van der Waals surface area contributed by atoms with Crippen molar-refractivity contribution in [3.05, 3.63) is 29.3 Å². The number of benzene rings is 1. The third-order valence-corrected chi connectivity index (χ3v) is 4.54. The van der Waals surface area contributed by atoms with Gasteiger partial charge in [0.1, 0.15) is 0 Å². The Morgan fingerprint density at radius 2 is 2.00 bits per heavy atom. The fourth-order valence-electron chi connectivity index (χ4n) is 3.45. The number of anilines is 1. The van der Waals surface area contributed by atoms with Crippen molar-refractivity contribution in [2.75, 3.05) is 31.1 Å². The molecule has 0 saturated carbocycles. The zero-order valence-electron chi connectivity index (χ0n) is 12.0. The number of likely N-dealkylation sites (tertiary alicyclic amines) is 1. The number of nitrogens with zero attached hydrogens (tertiary/aromatic N) is 2. The average Bonchev–Trinajstić information content (AvgIpc) is 3.09. The molecular formula is C16H22N2O2. The van der Waals surface area contributed by atoms with Gasteiger partial charge in [-0.1, -0.05) is 6.07 Å². The minimum absolute atomic E-state index is 0.428. The van der Waals surface area contributed by atoms with Gasteiger partial charge in [-0.25, -0.2) is 4.79 Å². The van der Waals surface area contributed by atoms with E-state index in [1.807, 2.05) is 19.1 Å². The molecule has 0 amide bonds. The highest BCUT2D eigenvalue weighted by atomic mass is 16.4. The van der Waals surface area contributed by atoms with Crippen molar-refractivity contribution in [3.63, 3.8) is 0 Å². The second-order valence-electron chi connectivity index (χ2n) is 5.96. The molecule has 0 radical (unpaired) electrons. The van der Waals surface area contributed by atoms with Gasteiger partial charge < -0.3 is 10.0 Å². The van der Waals surface area contributed by atoms with Gasteiger partial charge in [-0.05, 0) is 57.0 Å². The topological polar surface area (TPSA) is 43.8 Å². The van der Waals surface area contributed by atoms with E-state index in [1.54, 1.807) is 6.07 Å². The monoisotopic (exact) mass is 274 g/mol. The standard InChI is InChI=1S/C16H22N2O2/c1-12-4-5-14(16(19)20)15(10-12)18-9-6-13(11-18)17-7-2-3-8-17/h4-5,10,13H,2-3,6-9,11H2,1H3,(H,19,20). The first-order valence-corrected chi connectivity index (χ1v) is 7.48. The quantitative estimate of drug-likeness (QED) is 0.919. The molecule has 2 aliphatic rings. The van der Waals surface area contributed by atoms with Gasteiger partial charge in [0.15, 0.2) is 0 Å². The molecule has 0 bridgehead atoms. The fraction of sp³-hybridized carbons (Fsp3) is 0.562. The average molecular weight is 274 g/mol. The zero-order chi connectivity index (χ0) is 14.1. The molecule has 0 aromatic heterocycles. The largest absolute Gasteiger partial charge is 0.478 e. The number of rotatable bonds is 3. The van der Waals surface area contributed by atoms with Crippen LogP contribution in [0.4, 0.5) is 5.69 Å². The summed E-state index contributed by atoms with van der Waals surface area (Å²) >= 11 is 0. The van der Waals surface area contributed by atoms with Crippen molar-refractivity contribution in [2.24, 2.45) is 0 Å². The van der Waals surface area contributed by atoms with E-state index in [0.717, 1.165) is 30.8 Å². The molecule has 2 aliphatic heterocycles. The Morgan fingerprint density at radius 1 is 1.25 bits per heavy atom. The second-order valence-corrected chi connectivity index (χ2v) is 5.96. The highest BCUT2D eigenvalue weighted by Gasteiger charge is 2.30. The predicted octanol–water partition coefficient (Wildman–Crippen LogP) is 2.37. The summed E-state index contributed by atoms with van der Waals surface area (Å²) in [7, 11) is 0. The van der Waals surface area contributed by atoms with Gasteiger partial charge in [0.2, 0.25) is 0 Å². The van der Waals surface area contributed by atoms with Crippen LogP contribution in [0.5, 0.6) is 0 Å². The summed E-state index contributed by atoms with van der Waals surface area (Å²) in [6.45, 7) is 6.36. The number of aryl methyl sites for hydroxylation is 1. The Morgan fingerprint density at radius 3 is 2.70 bits per heavy atom. The highest BCUT2D eigenvalue weighted by molar-refractivity contribution is 5.94. The van der Waals surface area contributed by atoms with Crippen molar-refractivity contribution in [3.8, 4) is 0 Å². The molecule has 0 spiro atoms. The number of carboxylic acids is 1. The molecule has 4 heteroatoms. The molecule has 108 valence electrons. The zero-order valence-corrected chi connectivity index (χ0v) is 12.0. The first-order valence-electron chi connectivity index (χ1n) is 7.48. The fourth-order valence-corrected chi connectivity index (χ4v) is 3.45. The van der Waals surface area contributed by atoms with E-state index in [4.69, 9.17) is 0 Å². The van der Waals surface area contributed by atoms with Crippen LogP contribution in [0, 0.1) is 6.92 Å². The van der Waals surface area contributed by atoms with Crippen LogP contribution in [0.25, 0.3) is 0 Å². The molecule has 3 rings (SSSR count). The molecule has 2 fully saturated rings. The third kappa shape index (κ3) is 2.52. The van der Waals surface area contributed by atoms with Crippen molar-refractivity contribution in [1.29, 1.82) is 0 Å². The Balaban J connectivity index is 1.80. The van der Waals surface area contributed by atoms with Crippen LogP contribution in [-0.4, -0.2) is 48.2 Å². The van der Waals surface area contributed by atoms with Crippen LogP contribution in [0.2, 0.25) is 0 Å². The summed E-state index contributed by atoms with van der Waals surface area (Å²) in [5, 5.41) is 9.36. The maximum atomic E-state index is 11.4. The number of hydrogen-bond acceptors (Lipinski definition) is 3. The van der Waals surface area contributed by atoms with E-state index < -0.39 is 5.97 Å². The molecule has 1 N–H and O–H groups in total. The molecule has 0 aliphatic carbocycles. The van der Waals surface area contributed by atoms with E-state index in [0.29, 0.717) is 11.6 Å². The molecule has 2 heterocycles. The van der Waals surface area contributed by atoms with Gasteiger partial charge in [0.05, 0.1) is 11.3 Å². The second kappa shape index (κ2) is 5.44. The molecule has 1 unspecified atom stereocenters. The van der Waals surface area contributed by atoms with Crippen LogP contribution in [0.1, 0.15) is 35.2 Å². The summed E-state index contributed by atoms with van der Waals surface area (Å²) in [5.41, 5.74) is 2.44. The van der Waals surface area contributed by atoms with Gasteiger partial charge in [-0.2, -0.15) is 0 Å². The minimum atomic E-state index is -0.829. The van der Waals surface area contributed by atoms with E-state index in [-0.39, 0.29) is 0 Å². The molecule has 2 saturated heterocycles. The highest BCUT2D eigenvalue weighted by Crippen LogP contribution is 2.29. The first kappa shape index (κ1) is 13.4. The number of carboxylic acid groups (broad SMARTS) is 1. The van der Waals surface area contributed by atoms with Gasteiger partial charge in [-0.15, -0.1) is 0 Å². The predicted molar refractivity (Wildman–Crippen MR) is 79.6 cm³/mol. The summed E-state index contributed by atoms with van der Waals surface area (Å²) in [6, 6.07) is 6.21. The Bertz CT molecular complexity index is 509. The third-order valence-electron chi connectivity index (χ3n) is 4.54. The van der Waals surface area contributed by atoms with Crippen LogP contribution in [0.15, 0.2) is 18.2 Å². The van der Waals surface area contributed by atoms with Gasteiger partial charge >= 0.3 is 5.97 Å². The van der Waals surface area contributed by atoms with Crippen LogP contribution >= 0.6 is 0 Å². The molecular weight excluding hydrogens is 252 g/mol. The molecule has 20 heavy (non-hydrogen) atoms. The van der Waals surface area contributed by atoms with Crippen LogP contribution in [0.3, 0.4) is 0 Å². The summed E-state index contributed by atoms with van der Waals surface area (Å²) in [6.07, 6.45) is 3.76. The smallest absolute Gasteiger partial charge is 0.337 e. The maximum Gasteiger partial charge on any atom is 0.337 e. The van der Waals surface area contributed by atoms with Gasteiger partial charge in [0.25, 0.3) is 0 Å². The van der Waals surface area contributed by atoms with E-state index >= 15 is 0 Å². The number of aromatic carboxylic acids is 1. The lowest BCUT2D eigenvalue weighted by Gasteiger charge is -2.25. The minimum Gasteiger partial charge on any atom is -0.478 e. The summed E-state index contributed by atoms with van der Waals surface area (Å²) in [4.78, 5) is 16.2. The van der Waals surface area contributed by atoms with Crippen LogP contribution < -0.4 is 4.90 Å². The Labute approximate surface area is 120 Å². The van der Waals surface area contributed by atoms with E-state index in [9.17, 15) is 9.90 Å².